The fourth-order valence-electron chi connectivity index (χ4n) is 3.66. The van der Waals surface area contributed by atoms with Crippen molar-refractivity contribution in [2.75, 3.05) is 13.1 Å². The molecular weight excluding hydrogens is 498 g/mol. The topological polar surface area (TPSA) is 148 Å². The number of nitrogens with zero attached hydrogens (tertiary/aromatic N) is 3. The number of thiazole rings is 1. The number of carbonyl (C=O) groups excluding carboxylic acids is 3. The van der Waals surface area contributed by atoms with Crippen LogP contribution in [0.5, 0.6) is 0 Å². The van der Waals surface area contributed by atoms with Crippen LogP contribution in [0.2, 0.25) is 5.02 Å². The van der Waals surface area contributed by atoms with Crippen LogP contribution in [0.4, 0.5) is 5.88 Å². The first kappa shape index (κ1) is 24.4. The lowest BCUT2D eigenvalue weighted by molar-refractivity contribution is -0.402. The molecule has 1 aromatic carbocycles. The third kappa shape index (κ3) is 5.84. The van der Waals surface area contributed by atoms with E-state index in [0.717, 1.165) is 35.5 Å². The van der Waals surface area contributed by atoms with E-state index in [1.54, 1.807) is 11.4 Å². The van der Waals surface area contributed by atoms with Gasteiger partial charge >= 0.3 is 11.8 Å². The van der Waals surface area contributed by atoms with Crippen molar-refractivity contribution in [2.24, 2.45) is 0 Å². The van der Waals surface area contributed by atoms with Crippen molar-refractivity contribution >= 4 is 46.5 Å². The molecule has 0 unspecified atom stereocenters. The number of furan rings is 1. The molecule has 182 valence electrons. The summed E-state index contributed by atoms with van der Waals surface area (Å²) in [5.41, 5.74) is 5.28. The van der Waals surface area contributed by atoms with Crippen molar-refractivity contribution in [1.82, 2.24) is 20.7 Å². The molecule has 0 radical (unpaired) electrons. The second-order valence-electron chi connectivity index (χ2n) is 7.80. The second-order valence-corrected chi connectivity index (χ2v) is 9.09. The highest BCUT2D eigenvalue weighted by Crippen LogP contribution is 2.31. The fraction of sp³-hybridized carbons (Fsp3) is 0.273. The van der Waals surface area contributed by atoms with Crippen LogP contribution in [0.3, 0.4) is 0 Å². The summed E-state index contributed by atoms with van der Waals surface area (Å²) >= 11 is 7.50. The zero-order valence-electron chi connectivity index (χ0n) is 18.2. The molecule has 11 nitrogen and oxygen atoms in total. The van der Waals surface area contributed by atoms with Crippen LogP contribution >= 0.6 is 22.9 Å². The first-order valence-electron chi connectivity index (χ1n) is 10.6. The molecule has 0 bridgehead atoms. The van der Waals surface area contributed by atoms with E-state index in [0.29, 0.717) is 18.1 Å². The number of amides is 3. The zero-order chi connectivity index (χ0) is 24.9. The molecule has 3 aromatic rings. The van der Waals surface area contributed by atoms with Crippen LogP contribution in [-0.4, -0.2) is 45.6 Å². The van der Waals surface area contributed by atoms with E-state index in [9.17, 15) is 24.5 Å². The number of likely N-dealkylation sites (tertiary alicyclic amines) is 1. The number of benzene rings is 1. The number of nitro groups is 1. The average molecular weight is 518 g/mol. The van der Waals surface area contributed by atoms with Crippen molar-refractivity contribution < 1.29 is 23.7 Å². The standard InChI is InChI=1S/C22H20ClN5O6S/c23-15-4-2-1-3-14(15)11-18(29)27-9-7-13(8-10-27)22-24-16(12-35-22)20(30)25-26-21(31)17-5-6-19(34-17)28(32)33/h1-6,12-13H,7-11H2,(H,25,30)(H,26,31). The first-order valence-corrected chi connectivity index (χ1v) is 11.9. The summed E-state index contributed by atoms with van der Waals surface area (Å²) < 4.78 is 4.78. The van der Waals surface area contributed by atoms with Gasteiger partial charge in [-0.2, -0.15) is 0 Å². The molecule has 3 heterocycles. The maximum Gasteiger partial charge on any atom is 0.433 e. The maximum atomic E-state index is 12.6. The molecule has 4 rings (SSSR count). The minimum atomic E-state index is -0.837. The van der Waals surface area contributed by atoms with Gasteiger partial charge in [0.15, 0.2) is 0 Å². The molecule has 2 N–H and O–H groups in total. The Bertz CT molecular complexity index is 1270. The number of hydrogen-bond acceptors (Lipinski definition) is 8. The molecule has 13 heteroatoms. The van der Waals surface area contributed by atoms with Crippen molar-refractivity contribution in [3.63, 3.8) is 0 Å². The Hall–Kier alpha value is -3.77. The summed E-state index contributed by atoms with van der Waals surface area (Å²) in [7, 11) is 0. The minimum absolute atomic E-state index is 0.0217. The fourth-order valence-corrected chi connectivity index (χ4v) is 4.83. The molecule has 0 saturated carbocycles. The summed E-state index contributed by atoms with van der Waals surface area (Å²) in [6, 6.07) is 9.46. The molecular formula is C22H20ClN5O6S. The van der Waals surface area contributed by atoms with Crippen LogP contribution in [-0.2, 0) is 11.2 Å². The second kappa shape index (κ2) is 10.7. The van der Waals surface area contributed by atoms with Gasteiger partial charge in [-0.25, -0.2) is 4.98 Å². The van der Waals surface area contributed by atoms with Crippen molar-refractivity contribution in [2.45, 2.75) is 25.2 Å². The van der Waals surface area contributed by atoms with E-state index in [4.69, 9.17) is 16.0 Å². The van der Waals surface area contributed by atoms with E-state index < -0.39 is 22.6 Å². The molecule has 1 fully saturated rings. The largest absolute Gasteiger partial charge is 0.433 e. The summed E-state index contributed by atoms with van der Waals surface area (Å²) in [6.07, 6.45) is 1.69. The predicted molar refractivity (Wildman–Crippen MR) is 126 cm³/mol. The number of rotatable bonds is 6. The summed E-state index contributed by atoms with van der Waals surface area (Å²) in [6.45, 7) is 1.17. The van der Waals surface area contributed by atoms with Gasteiger partial charge in [0, 0.05) is 29.4 Å². The number of carbonyl (C=O) groups is 3. The Kier molecular flexibility index (Phi) is 7.42. The summed E-state index contributed by atoms with van der Waals surface area (Å²) in [4.78, 5) is 53.0. The van der Waals surface area contributed by atoms with Gasteiger partial charge in [-0.05, 0) is 30.5 Å². The zero-order valence-corrected chi connectivity index (χ0v) is 19.8. The van der Waals surface area contributed by atoms with Crippen LogP contribution in [0.1, 0.15) is 50.4 Å². The van der Waals surface area contributed by atoms with Crippen LogP contribution < -0.4 is 10.9 Å². The van der Waals surface area contributed by atoms with E-state index in [1.807, 2.05) is 23.1 Å². The monoisotopic (exact) mass is 517 g/mol. The molecule has 0 aliphatic carbocycles. The third-order valence-corrected chi connectivity index (χ3v) is 6.91. The Morgan fingerprint density at radius 1 is 1.14 bits per heavy atom. The van der Waals surface area contributed by atoms with Crippen LogP contribution in [0, 0.1) is 10.1 Å². The van der Waals surface area contributed by atoms with Crippen molar-refractivity contribution in [3.05, 3.63) is 78.9 Å². The van der Waals surface area contributed by atoms with E-state index in [-0.39, 0.29) is 29.7 Å². The van der Waals surface area contributed by atoms with Gasteiger partial charge in [-0.15, -0.1) is 11.3 Å². The third-order valence-electron chi connectivity index (χ3n) is 5.54. The lowest BCUT2D eigenvalue weighted by Gasteiger charge is -2.31. The Morgan fingerprint density at radius 3 is 2.54 bits per heavy atom. The summed E-state index contributed by atoms with van der Waals surface area (Å²) in [5.74, 6) is -2.23. The molecule has 1 aliphatic heterocycles. The SMILES string of the molecule is O=C(NNC(=O)c1ccc([N+](=O)[O-])o1)c1csc(C2CCN(C(=O)Cc3ccccc3Cl)CC2)n1. The van der Waals surface area contributed by atoms with E-state index in [2.05, 4.69) is 15.8 Å². The normalized spacial score (nSPS) is 13.9. The quantitative estimate of drug-likeness (QED) is 0.376. The Morgan fingerprint density at radius 2 is 1.86 bits per heavy atom. The van der Waals surface area contributed by atoms with Crippen LogP contribution in [0.15, 0.2) is 46.2 Å². The minimum Gasteiger partial charge on any atom is -0.395 e. The van der Waals surface area contributed by atoms with E-state index >= 15 is 0 Å². The van der Waals surface area contributed by atoms with Gasteiger partial charge < -0.3 is 9.32 Å². The maximum absolute atomic E-state index is 12.6. The smallest absolute Gasteiger partial charge is 0.395 e. The van der Waals surface area contributed by atoms with Gasteiger partial charge in [0.25, 0.3) is 5.91 Å². The van der Waals surface area contributed by atoms with E-state index in [1.165, 1.54) is 11.3 Å². The highest BCUT2D eigenvalue weighted by molar-refractivity contribution is 7.09. The molecule has 35 heavy (non-hydrogen) atoms. The highest BCUT2D eigenvalue weighted by atomic mass is 35.5. The van der Waals surface area contributed by atoms with Gasteiger partial charge in [-0.1, -0.05) is 29.8 Å². The number of aromatic nitrogens is 1. The van der Waals surface area contributed by atoms with Gasteiger partial charge in [-0.3, -0.25) is 35.3 Å². The van der Waals surface area contributed by atoms with Crippen molar-refractivity contribution in [3.8, 4) is 0 Å². The Balaban J connectivity index is 1.26. The number of hydrazine groups is 1. The average Bonchev–Trinajstić information content (AvgIpc) is 3.54. The molecule has 1 saturated heterocycles. The highest BCUT2D eigenvalue weighted by Gasteiger charge is 2.27. The first-order chi connectivity index (χ1) is 16.8. The van der Waals surface area contributed by atoms with Gasteiger partial charge in [0.05, 0.1) is 17.5 Å². The Labute approximate surface area is 208 Å². The number of halogens is 1. The number of nitrogens with one attached hydrogen (secondary N) is 2. The predicted octanol–water partition coefficient (Wildman–Crippen LogP) is 3.32. The molecule has 1 aliphatic rings. The lowest BCUT2D eigenvalue weighted by atomic mass is 9.97. The number of piperidine rings is 1. The lowest BCUT2D eigenvalue weighted by Crippen LogP contribution is -2.41. The molecule has 0 atom stereocenters. The van der Waals surface area contributed by atoms with Gasteiger partial charge in [0.2, 0.25) is 11.7 Å². The molecule has 0 spiro atoms. The van der Waals surface area contributed by atoms with Crippen LogP contribution in [0.25, 0.3) is 0 Å². The summed E-state index contributed by atoms with van der Waals surface area (Å²) in [5, 5.41) is 13.6. The number of hydrogen-bond donors (Lipinski definition) is 2. The van der Waals surface area contributed by atoms with Gasteiger partial charge in [0.1, 0.15) is 10.6 Å². The molecule has 2 aromatic heterocycles. The van der Waals surface area contributed by atoms with Crippen molar-refractivity contribution in [1.29, 1.82) is 0 Å². The molecule has 3 amide bonds.